The minimum absolute atomic E-state index is 0.0544. The second kappa shape index (κ2) is 6.52. The summed E-state index contributed by atoms with van der Waals surface area (Å²) in [5, 5.41) is 3.63. The molecule has 3 aromatic rings. The molecule has 0 saturated heterocycles. The molecule has 0 aliphatic carbocycles. The van der Waals surface area contributed by atoms with Gasteiger partial charge in [0.1, 0.15) is 27.9 Å². The molecule has 0 spiro atoms. The van der Waals surface area contributed by atoms with E-state index in [0.717, 1.165) is 17.0 Å². The average Bonchev–Trinajstić information content (AvgIpc) is 3.02. The van der Waals surface area contributed by atoms with E-state index in [1.165, 1.54) is 18.5 Å². The smallest absolute Gasteiger partial charge is 0.264 e. The third-order valence-electron chi connectivity index (χ3n) is 3.54. The van der Waals surface area contributed by atoms with E-state index >= 15 is 0 Å². The van der Waals surface area contributed by atoms with Crippen LogP contribution >= 0.6 is 0 Å². The van der Waals surface area contributed by atoms with Crippen LogP contribution in [-0.2, 0) is 9.84 Å². The van der Waals surface area contributed by atoms with Gasteiger partial charge in [0, 0.05) is 30.3 Å². The summed E-state index contributed by atoms with van der Waals surface area (Å²) in [7, 11) is -4.00. The Bertz CT molecular complexity index is 1070. The van der Waals surface area contributed by atoms with Gasteiger partial charge in [0.25, 0.3) is 6.43 Å². The molecule has 136 valence electrons. The normalized spacial score (nSPS) is 11.9. The highest BCUT2D eigenvalue weighted by Gasteiger charge is 2.23. The zero-order chi connectivity index (χ0) is 19.1. The zero-order valence-electron chi connectivity index (χ0n) is 13.2. The molecule has 10 heteroatoms. The molecule has 0 N–H and O–H groups in total. The van der Waals surface area contributed by atoms with E-state index in [0.29, 0.717) is 17.7 Å². The van der Waals surface area contributed by atoms with Crippen LogP contribution in [0.2, 0.25) is 0 Å². The van der Waals surface area contributed by atoms with Gasteiger partial charge in [-0.15, -0.1) is 0 Å². The summed E-state index contributed by atoms with van der Waals surface area (Å²) in [6.45, 7) is 0. The van der Waals surface area contributed by atoms with Crippen LogP contribution in [-0.4, -0.2) is 29.4 Å². The van der Waals surface area contributed by atoms with E-state index in [4.69, 9.17) is 0 Å². The van der Waals surface area contributed by atoms with Gasteiger partial charge in [0.05, 0.1) is 5.69 Å². The Kier molecular flexibility index (Phi) is 4.53. The fourth-order valence-electron chi connectivity index (χ4n) is 2.37. The molecule has 0 saturated carbocycles. The molecule has 0 aliphatic rings. The monoisotopic (exact) mass is 385 g/mol. The maximum absolute atomic E-state index is 14.5. The minimum Gasteiger partial charge on any atom is -0.264 e. The number of benzene rings is 1. The Labute approximate surface area is 145 Å². The van der Waals surface area contributed by atoms with Crippen LogP contribution < -0.4 is 0 Å². The predicted molar refractivity (Wildman–Crippen MR) is 84.8 cm³/mol. The highest BCUT2D eigenvalue weighted by atomic mass is 32.2. The summed E-state index contributed by atoms with van der Waals surface area (Å²) < 4.78 is 78.5. The number of nitrogens with zero attached hydrogens (tertiary/aromatic N) is 3. The Hall–Kier alpha value is -2.75. The van der Waals surface area contributed by atoms with E-state index in [1.807, 2.05) is 0 Å². The molecule has 2 heterocycles. The lowest BCUT2D eigenvalue weighted by atomic mass is 10.2. The van der Waals surface area contributed by atoms with Gasteiger partial charge >= 0.3 is 0 Å². The lowest BCUT2D eigenvalue weighted by molar-refractivity contribution is 0.145. The van der Waals surface area contributed by atoms with Gasteiger partial charge in [-0.25, -0.2) is 30.7 Å². The lowest BCUT2D eigenvalue weighted by Crippen LogP contribution is -2.08. The Balaban J connectivity index is 2.26. The number of aromatic nitrogens is 3. The van der Waals surface area contributed by atoms with Crippen LogP contribution in [0.15, 0.2) is 47.6 Å². The number of rotatable bonds is 4. The topological polar surface area (TPSA) is 64.8 Å². The first kappa shape index (κ1) is 18.1. The van der Waals surface area contributed by atoms with Gasteiger partial charge in [-0.1, -0.05) is 0 Å². The van der Waals surface area contributed by atoms with Gasteiger partial charge in [-0.3, -0.25) is 4.98 Å². The number of hydrogen-bond donors (Lipinski definition) is 0. The van der Waals surface area contributed by atoms with Crippen LogP contribution in [0.25, 0.3) is 16.9 Å². The van der Waals surface area contributed by atoms with Crippen molar-refractivity contribution in [2.75, 3.05) is 6.26 Å². The van der Waals surface area contributed by atoms with Crippen LogP contribution in [0.1, 0.15) is 12.1 Å². The van der Waals surface area contributed by atoms with Gasteiger partial charge in [0.15, 0.2) is 9.84 Å². The molecule has 0 amide bonds. The molecule has 2 aromatic heterocycles. The van der Waals surface area contributed by atoms with E-state index < -0.39 is 44.2 Å². The van der Waals surface area contributed by atoms with Gasteiger partial charge in [-0.05, 0) is 24.3 Å². The molecule has 3 rings (SSSR count). The summed E-state index contributed by atoms with van der Waals surface area (Å²) >= 11 is 0. The molecule has 0 aliphatic heterocycles. The number of halogens is 4. The quantitative estimate of drug-likeness (QED) is 0.645. The van der Waals surface area contributed by atoms with E-state index in [1.54, 1.807) is 6.07 Å². The first-order chi connectivity index (χ1) is 12.2. The van der Waals surface area contributed by atoms with Crippen molar-refractivity contribution in [3.05, 3.63) is 60.1 Å². The summed E-state index contributed by atoms with van der Waals surface area (Å²) in [6.07, 6.45) is 0.602. The fourth-order valence-corrected chi connectivity index (χ4v) is 3.10. The second-order valence-electron chi connectivity index (χ2n) is 5.41. The van der Waals surface area contributed by atoms with Crippen LogP contribution in [0.4, 0.5) is 17.6 Å². The highest BCUT2D eigenvalue weighted by Crippen LogP contribution is 2.30. The van der Waals surface area contributed by atoms with Crippen LogP contribution in [0.5, 0.6) is 0 Å². The van der Waals surface area contributed by atoms with Crippen molar-refractivity contribution in [3.8, 4) is 16.9 Å². The average molecular weight is 385 g/mol. The van der Waals surface area contributed by atoms with Crippen molar-refractivity contribution in [2.24, 2.45) is 0 Å². The SMILES string of the molecule is CS(=O)(=O)c1cc(F)c(-n2nc(C(F)F)cc2-c2cccnc2)cc1F. The van der Waals surface area contributed by atoms with Crippen molar-refractivity contribution in [3.63, 3.8) is 0 Å². The molecule has 0 radical (unpaired) electrons. The van der Waals surface area contributed by atoms with E-state index in [-0.39, 0.29) is 5.69 Å². The summed E-state index contributed by atoms with van der Waals surface area (Å²) in [6, 6.07) is 5.21. The highest BCUT2D eigenvalue weighted by molar-refractivity contribution is 7.90. The molecule has 0 unspecified atom stereocenters. The lowest BCUT2D eigenvalue weighted by Gasteiger charge is -2.10. The van der Waals surface area contributed by atoms with E-state index in [9.17, 15) is 26.0 Å². The first-order valence-electron chi connectivity index (χ1n) is 7.16. The van der Waals surface area contributed by atoms with Crippen molar-refractivity contribution < 1.29 is 26.0 Å². The van der Waals surface area contributed by atoms with Crippen molar-refractivity contribution in [1.82, 2.24) is 14.8 Å². The van der Waals surface area contributed by atoms with Gasteiger partial charge < -0.3 is 0 Å². The molecule has 0 bridgehead atoms. The summed E-state index contributed by atoms with van der Waals surface area (Å²) in [5.41, 5.74) is -0.741. The largest absolute Gasteiger partial charge is 0.282 e. The molecule has 5 nitrogen and oxygen atoms in total. The number of sulfone groups is 1. The van der Waals surface area contributed by atoms with Crippen molar-refractivity contribution in [1.29, 1.82) is 0 Å². The number of pyridine rings is 1. The minimum atomic E-state index is -4.00. The molecular weight excluding hydrogens is 374 g/mol. The second-order valence-corrected chi connectivity index (χ2v) is 7.40. The molecule has 0 atom stereocenters. The summed E-state index contributed by atoms with van der Waals surface area (Å²) in [5.74, 6) is -2.34. The summed E-state index contributed by atoms with van der Waals surface area (Å²) in [4.78, 5) is 3.03. The zero-order valence-corrected chi connectivity index (χ0v) is 14.0. The van der Waals surface area contributed by atoms with Gasteiger partial charge in [-0.2, -0.15) is 5.10 Å². The fraction of sp³-hybridized carbons (Fsp3) is 0.125. The molecule has 0 fully saturated rings. The molecular formula is C16H11F4N3O2S. The standard InChI is InChI=1S/C16H11F4N3O2S/c1-26(24,25)15-6-10(17)14(5-11(15)18)23-13(7-12(22-23)16(19)20)9-3-2-4-21-8-9/h2-8,16H,1H3. The Morgan fingerprint density at radius 1 is 1.12 bits per heavy atom. The maximum Gasteiger partial charge on any atom is 0.282 e. The first-order valence-corrected chi connectivity index (χ1v) is 9.05. The number of hydrogen-bond acceptors (Lipinski definition) is 4. The molecule has 1 aromatic carbocycles. The third-order valence-corrected chi connectivity index (χ3v) is 4.65. The van der Waals surface area contributed by atoms with Gasteiger partial charge in [0.2, 0.25) is 0 Å². The number of alkyl halides is 2. The van der Waals surface area contributed by atoms with Crippen LogP contribution in [0.3, 0.4) is 0 Å². The predicted octanol–water partition coefficient (Wildman–Crippen LogP) is 3.55. The molecule has 26 heavy (non-hydrogen) atoms. The van der Waals surface area contributed by atoms with Crippen LogP contribution in [0, 0.1) is 11.6 Å². The Morgan fingerprint density at radius 3 is 2.42 bits per heavy atom. The van der Waals surface area contributed by atoms with E-state index in [2.05, 4.69) is 10.1 Å². The van der Waals surface area contributed by atoms with Crippen molar-refractivity contribution in [2.45, 2.75) is 11.3 Å². The third kappa shape index (κ3) is 3.32. The van der Waals surface area contributed by atoms with Crippen molar-refractivity contribution >= 4 is 9.84 Å². The Morgan fingerprint density at radius 2 is 1.85 bits per heavy atom. The maximum atomic E-state index is 14.5.